The molecule has 0 spiro atoms. The van der Waals surface area contributed by atoms with E-state index in [-0.39, 0.29) is 6.54 Å². The van der Waals surface area contributed by atoms with E-state index in [4.69, 9.17) is 9.47 Å². The van der Waals surface area contributed by atoms with Gasteiger partial charge < -0.3 is 9.47 Å². The van der Waals surface area contributed by atoms with Crippen LogP contribution in [0.4, 0.5) is 13.2 Å². The molecular weight excluding hydrogens is 287 g/mol. The fourth-order valence-electron chi connectivity index (χ4n) is 1.27. The van der Waals surface area contributed by atoms with E-state index in [1.807, 2.05) is 0 Å². The van der Waals surface area contributed by atoms with Crippen molar-refractivity contribution in [2.45, 2.75) is 39.2 Å². The fraction of sp³-hybridized carbons (Fsp3) is 1.00. The van der Waals surface area contributed by atoms with Gasteiger partial charge in [-0.25, -0.2) is 13.1 Å². The first-order chi connectivity index (χ1) is 8.70. The molecule has 0 aliphatic heterocycles. The second-order valence-electron chi connectivity index (χ2n) is 3.73. The number of hydrogen-bond donors (Lipinski definition) is 1. The Kier molecular flexibility index (Phi) is 8.55. The summed E-state index contributed by atoms with van der Waals surface area (Å²) in [6.45, 7) is 4.03. The molecule has 0 aromatic rings. The van der Waals surface area contributed by atoms with Crippen molar-refractivity contribution in [3.05, 3.63) is 0 Å². The molecule has 0 saturated carbocycles. The van der Waals surface area contributed by atoms with Crippen LogP contribution in [-0.4, -0.2) is 46.4 Å². The summed E-state index contributed by atoms with van der Waals surface area (Å²) in [5, 5.41) is 0. The molecule has 0 atom stereocenters. The second kappa shape index (κ2) is 8.72. The lowest BCUT2D eigenvalue weighted by molar-refractivity contribution is -0.134. The van der Waals surface area contributed by atoms with Crippen LogP contribution in [-0.2, 0) is 19.5 Å². The monoisotopic (exact) mass is 307 g/mol. The number of halogens is 3. The molecule has 19 heavy (non-hydrogen) atoms. The van der Waals surface area contributed by atoms with Crippen LogP contribution in [0.1, 0.15) is 26.7 Å². The minimum atomic E-state index is -4.34. The highest BCUT2D eigenvalue weighted by atomic mass is 32.2. The molecule has 0 bridgehead atoms. The Labute approximate surface area is 111 Å². The Balaban J connectivity index is 4.07. The van der Waals surface area contributed by atoms with Gasteiger partial charge >= 0.3 is 6.18 Å². The predicted molar refractivity (Wildman–Crippen MR) is 64.1 cm³/mol. The van der Waals surface area contributed by atoms with Crippen LogP contribution >= 0.6 is 0 Å². The SMILES string of the molecule is CCOC(CNS(=O)(=O)CCCC(F)(F)F)OCC. The van der Waals surface area contributed by atoms with Gasteiger partial charge in [0.25, 0.3) is 0 Å². The molecule has 0 unspecified atom stereocenters. The average Bonchev–Trinajstić information content (AvgIpc) is 2.24. The summed E-state index contributed by atoms with van der Waals surface area (Å²) in [4.78, 5) is 0. The van der Waals surface area contributed by atoms with Crippen LogP contribution in [0.25, 0.3) is 0 Å². The van der Waals surface area contributed by atoms with Crippen molar-refractivity contribution in [2.24, 2.45) is 0 Å². The van der Waals surface area contributed by atoms with Gasteiger partial charge in [-0.1, -0.05) is 0 Å². The zero-order valence-corrected chi connectivity index (χ0v) is 11.8. The third-order valence-corrected chi connectivity index (χ3v) is 3.48. The number of sulfonamides is 1. The average molecular weight is 307 g/mol. The smallest absolute Gasteiger partial charge is 0.352 e. The van der Waals surface area contributed by atoms with Crippen LogP contribution in [0, 0.1) is 0 Å². The maximum atomic E-state index is 11.9. The fourth-order valence-corrected chi connectivity index (χ4v) is 2.33. The van der Waals surface area contributed by atoms with E-state index in [1.54, 1.807) is 13.8 Å². The lowest BCUT2D eigenvalue weighted by Gasteiger charge is -2.17. The first kappa shape index (κ1) is 18.6. The van der Waals surface area contributed by atoms with Crippen LogP contribution in [0.2, 0.25) is 0 Å². The maximum absolute atomic E-state index is 11.9. The minimum Gasteiger partial charge on any atom is -0.352 e. The highest BCUT2D eigenvalue weighted by molar-refractivity contribution is 7.89. The normalized spacial score (nSPS) is 13.2. The molecule has 0 heterocycles. The molecule has 5 nitrogen and oxygen atoms in total. The van der Waals surface area contributed by atoms with Gasteiger partial charge in [-0.15, -0.1) is 0 Å². The number of nitrogens with one attached hydrogen (secondary N) is 1. The molecule has 0 radical (unpaired) electrons. The van der Waals surface area contributed by atoms with Gasteiger partial charge in [0, 0.05) is 19.6 Å². The van der Waals surface area contributed by atoms with E-state index in [9.17, 15) is 21.6 Å². The summed E-state index contributed by atoms with van der Waals surface area (Å²) >= 11 is 0. The van der Waals surface area contributed by atoms with E-state index >= 15 is 0 Å². The number of alkyl halides is 3. The topological polar surface area (TPSA) is 64.6 Å². The van der Waals surface area contributed by atoms with Gasteiger partial charge in [0.2, 0.25) is 10.0 Å². The summed E-state index contributed by atoms with van der Waals surface area (Å²) < 4.78 is 70.9. The molecule has 0 rings (SSSR count). The first-order valence-corrected chi connectivity index (χ1v) is 7.62. The van der Waals surface area contributed by atoms with Crippen molar-refractivity contribution >= 4 is 10.0 Å². The van der Waals surface area contributed by atoms with Gasteiger partial charge in [0.05, 0.1) is 12.3 Å². The van der Waals surface area contributed by atoms with Gasteiger partial charge in [-0.3, -0.25) is 0 Å². The second-order valence-corrected chi connectivity index (χ2v) is 5.65. The standard InChI is InChI=1S/C10H20F3NO4S/c1-3-17-9(18-4-2)8-14-19(15,16)7-5-6-10(11,12)13/h9,14H,3-8H2,1-2H3. The van der Waals surface area contributed by atoms with Gasteiger partial charge in [-0.05, 0) is 20.3 Å². The quantitative estimate of drug-likeness (QED) is 0.623. The van der Waals surface area contributed by atoms with Crippen LogP contribution in [0.3, 0.4) is 0 Å². The molecule has 0 aromatic carbocycles. The summed E-state index contributed by atoms with van der Waals surface area (Å²) in [6.07, 6.45) is -6.65. The molecule has 0 aliphatic rings. The Hall–Kier alpha value is -0.380. The van der Waals surface area contributed by atoms with Crippen molar-refractivity contribution in [1.29, 1.82) is 0 Å². The number of ether oxygens (including phenoxy) is 2. The third kappa shape index (κ3) is 11.2. The molecule has 0 amide bonds. The summed E-state index contributed by atoms with van der Waals surface area (Å²) in [5.41, 5.74) is 0. The van der Waals surface area contributed by atoms with Gasteiger partial charge in [0.15, 0.2) is 6.29 Å². The van der Waals surface area contributed by atoms with Crippen LogP contribution in [0.5, 0.6) is 0 Å². The molecule has 0 fully saturated rings. The van der Waals surface area contributed by atoms with Crippen molar-refractivity contribution in [3.63, 3.8) is 0 Å². The zero-order valence-electron chi connectivity index (χ0n) is 11.0. The predicted octanol–water partition coefficient (Wildman–Crippen LogP) is 1.65. The molecule has 0 aromatic heterocycles. The zero-order chi connectivity index (χ0) is 14.9. The Morgan fingerprint density at radius 1 is 1.16 bits per heavy atom. The summed E-state index contributed by atoms with van der Waals surface area (Å²) in [7, 11) is -3.75. The molecule has 1 N–H and O–H groups in total. The maximum Gasteiger partial charge on any atom is 0.389 e. The number of rotatable bonds is 10. The highest BCUT2D eigenvalue weighted by Crippen LogP contribution is 2.21. The highest BCUT2D eigenvalue weighted by Gasteiger charge is 2.27. The molecule has 9 heteroatoms. The van der Waals surface area contributed by atoms with E-state index < -0.39 is 41.1 Å². The molecule has 0 saturated heterocycles. The van der Waals surface area contributed by atoms with Crippen molar-refractivity contribution in [3.8, 4) is 0 Å². The minimum absolute atomic E-state index is 0.115. The van der Waals surface area contributed by atoms with E-state index in [2.05, 4.69) is 4.72 Å². The Morgan fingerprint density at radius 3 is 2.11 bits per heavy atom. The van der Waals surface area contributed by atoms with E-state index in [1.165, 1.54) is 0 Å². The van der Waals surface area contributed by atoms with Crippen molar-refractivity contribution in [1.82, 2.24) is 4.72 Å². The van der Waals surface area contributed by atoms with Gasteiger partial charge in [0.1, 0.15) is 0 Å². The lowest BCUT2D eigenvalue weighted by atomic mass is 10.3. The van der Waals surface area contributed by atoms with Crippen LogP contribution in [0.15, 0.2) is 0 Å². The summed E-state index contributed by atoms with van der Waals surface area (Å²) in [5.74, 6) is -0.572. The lowest BCUT2D eigenvalue weighted by Crippen LogP contribution is -2.36. The number of hydrogen-bond acceptors (Lipinski definition) is 4. The third-order valence-electron chi connectivity index (χ3n) is 2.05. The van der Waals surface area contributed by atoms with Crippen LogP contribution < -0.4 is 4.72 Å². The molecule has 116 valence electrons. The van der Waals surface area contributed by atoms with Gasteiger partial charge in [-0.2, -0.15) is 13.2 Å². The summed E-state index contributed by atoms with van der Waals surface area (Å²) in [6, 6.07) is 0. The van der Waals surface area contributed by atoms with Crippen molar-refractivity contribution in [2.75, 3.05) is 25.5 Å². The van der Waals surface area contributed by atoms with Crippen molar-refractivity contribution < 1.29 is 31.1 Å². The van der Waals surface area contributed by atoms with E-state index in [0.29, 0.717) is 13.2 Å². The Morgan fingerprint density at radius 2 is 1.68 bits per heavy atom. The van der Waals surface area contributed by atoms with E-state index in [0.717, 1.165) is 0 Å². The molecular formula is C10H20F3NO4S. The Bertz CT molecular complexity index is 326. The largest absolute Gasteiger partial charge is 0.389 e. The molecule has 0 aliphatic carbocycles. The first-order valence-electron chi connectivity index (χ1n) is 5.97.